The molecule has 1 aromatic rings. The van der Waals surface area contributed by atoms with Gasteiger partial charge in [0.1, 0.15) is 5.51 Å². The molecule has 1 heterocycles. The molecule has 0 amide bonds. The maximum absolute atomic E-state index is 4.01. The van der Waals surface area contributed by atoms with Crippen LogP contribution in [-0.4, -0.2) is 16.0 Å². The van der Waals surface area contributed by atoms with E-state index >= 15 is 0 Å². The third kappa shape index (κ3) is 1.80. The lowest BCUT2D eigenvalue weighted by Crippen LogP contribution is -2.27. The van der Waals surface area contributed by atoms with Gasteiger partial charge in [-0.15, -0.1) is 10.2 Å². The van der Waals surface area contributed by atoms with Crippen LogP contribution in [0.5, 0.6) is 0 Å². The number of nitrogens with zero attached hydrogens (tertiary/aromatic N) is 2. The highest BCUT2D eigenvalue weighted by atomic mass is 32.2. The molecular weight excluding hydrogens is 188 g/mol. The average molecular weight is 200 g/mol. The van der Waals surface area contributed by atoms with Crippen molar-refractivity contribution in [3.8, 4) is 0 Å². The molecule has 0 unspecified atom stereocenters. The molecule has 1 aliphatic carbocycles. The summed E-state index contributed by atoms with van der Waals surface area (Å²) >= 11 is 3.49. The zero-order chi connectivity index (χ0) is 8.44. The number of thioether (sulfide) groups is 1. The van der Waals surface area contributed by atoms with Gasteiger partial charge in [-0.05, 0) is 18.3 Å². The van der Waals surface area contributed by atoms with Gasteiger partial charge in [0.05, 0.1) is 0 Å². The number of rotatable bonds is 3. The average Bonchev–Trinajstić information content (AvgIpc) is 2.49. The first-order chi connectivity index (χ1) is 5.79. The maximum Gasteiger partial charge on any atom is 0.174 e. The molecule has 2 rings (SSSR count). The van der Waals surface area contributed by atoms with Crippen molar-refractivity contribution in [3.05, 3.63) is 5.51 Å². The molecule has 12 heavy (non-hydrogen) atoms. The predicted octanol–water partition coefficient (Wildman–Crippen LogP) is 2.82. The van der Waals surface area contributed by atoms with Crippen LogP contribution < -0.4 is 0 Å². The lowest BCUT2D eigenvalue weighted by molar-refractivity contribution is 0.197. The fraction of sp³-hybridized carbons (Fsp3) is 0.750. The van der Waals surface area contributed by atoms with Crippen LogP contribution >= 0.6 is 23.1 Å². The Bertz CT molecular complexity index is 242. The predicted molar refractivity (Wildman–Crippen MR) is 52.6 cm³/mol. The standard InChI is InChI=1S/C8H12N2S2/c1-8(3-2-4-8)5-11-7-10-9-6-12-7/h6H,2-5H2,1H3. The SMILES string of the molecule is CC1(CSc2nncs2)CCC1. The second-order valence-corrected chi connectivity index (χ2v) is 5.71. The second-order valence-electron chi connectivity index (χ2n) is 3.66. The van der Waals surface area contributed by atoms with Crippen LogP contribution in [0.1, 0.15) is 26.2 Å². The molecule has 66 valence electrons. The van der Waals surface area contributed by atoms with Crippen molar-refractivity contribution in [1.82, 2.24) is 10.2 Å². The van der Waals surface area contributed by atoms with Crippen LogP contribution in [0, 0.1) is 5.41 Å². The largest absolute Gasteiger partial charge is 0.174 e. The Hall–Kier alpha value is -0.0900. The molecule has 2 nitrogen and oxygen atoms in total. The summed E-state index contributed by atoms with van der Waals surface area (Å²) in [6, 6.07) is 0. The van der Waals surface area contributed by atoms with E-state index in [2.05, 4.69) is 17.1 Å². The van der Waals surface area contributed by atoms with E-state index in [-0.39, 0.29) is 0 Å². The van der Waals surface area contributed by atoms with Gasteiger partial charge in [-0.1, -0.05) is 36.4 Å². The van der Waals surface area contributed by atoms with Crippen molar-refractivity contribution in [2.24, 2.45) is 5.41 Å². The van der Waals surface area contributed by atoms with E-state index in [1.54, 1.807) is 16.8 Å². The van der Waals surface area contributed by atoms with Gasteiger partial charge in [-0.3, -0.25) is 0 Å². The molecule has 1 aliphatic rings. The minimum atomic E-state index is 0.594. The van der Waals surface area contributed by atoms with Crippen LogP contribution in [0.4, 0.5) is 0 Å². The van der Waals surface area contributed by atoms with Crippen molar-refractivity contribution >= 4 is 23.1 Å². The van der Waals surface area contributed by atoms with E-state index < -0.39 is 0 Å². The topological polar surface area (TPSA) is 25.8 Å². The molecule has 4 heteroatoms. The van der Waals surface area contributed by atoms with E-state index in [1.807, 2.05) is 11.8 Å². The third-order valence-corrected chi connectivity index (χ3v) is 4.74. The molecule has 0 saturated heterocycles. The Morgan fingerprint density at radius 2 is 2.50 bits per heavy atom. The monoisotopic (exact) mass is 200 g/mol. The van der Waals surface area contributed by atoms with E-state index in [1.165, 1.54) is 25.0 Å². The van der Waals surface area contributed by atoms with Crippen LogP contribution in [0.15, 0.2) is 9.85 Å². The second kappa shape index (κ2) is 3.34. The van der Waals surface area contributed by atoms with Gasteiger partial charge < -0.3 is 0 Å². The Morgan fingerprint density at radius 3 is 3.00 bits per heavy atom. The molecule has 0 aromatic carbocycles. The van der Waals surface area contributed by atoms with Crippen molar-refractivity contribution < 1.29 is 0 Å². The molecular formula is C8H12N2S2. The fourth-order valence-corrected chi connectivity index (χ4v) is 3.11. The highest BCUT2D eigenvalue weighted by Gasteiger charge is 2.31. The van der Waals surface area contributed by atoms with Crippen LogP contribution in [0.25, 0.3) is 0 Å². The first-order valence-corrected chi connectivity index (χ1v) is 6.04. The first kappa shape index (κ1) is 8.51. The normalized spacial score (nSPS) is 20.4. The van der Waals surface area contributed by atoms with Crippen LogP contribution in [-0.2, 0) is 0 Å². The molecule has 0 radical (unpaired) electrons. The quantitative estimate of drug-likeness (QED) is 0.702. The number of hydrogen-bond acceptors (Lipinski definition) is 4. The number of aromatic nitrogens is 2. The summed E-state index contributed by atoms with van der Waals surface area (Å²) in [5.41, 5.74) is 2.39. The zero-order valence-corrected chi connectivity index (χ0v) is 8.75. The Labute approximate surface area is 80.8 Å². The Kier molecular flexibility index (Phi) is 2.37. The van der Waals surface area contributed by atoms with Gasteiger partial charge in [0, 0.05) is 5.75 Å². The van der Waals surface area contributed by atoms with Crippen LogP contribution in [0.2, 0.25) is 0 Å². The fourth-order valence-electron chi connectivity index (χ4n) is 1.39. The summed E-state index contributed by atoms with van der Waals surface area (Å²) in [4.78, 5) is 0. The molecule has 1 aromatic heterocycles. The summed E-state index contributed by atoms with van der Waals surface area (Å²) in [5.74, 6) is 1.21. The highest BCUT2D eigenvalue weighted by molar-refractivity contribution is 8.01. The van der Waals surface area contributed by atoms with Gasteiger partial charge in [-0.25, -0.2) is 0 Å². The van der Waals surface area contributed by atoms with E-state index in [9.17, 15) is 0 Å². The summed E-state index contributed by atoms with van der Waals surface area (Å²) in [5, 5.41) is 7.82. The summed E-state index contributed by atoms with van der Waals surface area (Å²) < 4.78 is 1.11. The zero-order valence-electron chi connectivity index (χ0n) is 7.12. The molecule has 0 bridgehead atoms. The van der Waals surface area contributed by atoms with Crippen molar-refractivity contribution in [2.75, 3.05) is 5.75 Å². The van der Waals surface area contributed by atoms with Gasteiger partial charge in [0.25, 0.3) is 0 Å². The van der Waals surface area contributed by atoms with E-state index in [0.717, 1.165) is 4.34 Å². The summed E-state index contributed by atoms with van der Waals surface area (Å²) in [6.07, 6.45) is 4.19. The van der Waals surface area contributed by atoms with E-state index in [0.29, 0.717) is 5.41 Å². The third-order valence-electron chi connectivity index (χ3n) is 2.44. The molecule has 0 spiro atoms. The number of hydrogen-bond donors (Lipinski definition) is 0. The van der Waals surface area contributed by atoms with Crippen molar-refractivity contribution in [2.45, 2.75) is 30.5 Å². The molecule has 0 aliphatic heterocycles. The highest BCUT2D eigenvalue weighted by Crippen LogP contribution is 2.44. The molecule has 1 saturated carbocycles. The minimum absolute atomic E-state index is 0.594. The smallest absolute Gasteiger partial charge is 0.146 e. The van der Waals surface area contributed by atoms with E-state index in [4.69, 9.17) is 0 Å². The minimum Gasteiger partial charge on any atom is -0.146 e. The summed E-state index contributed by atoms with van der Waals surface area (Å²) in [7, 11) is 0. The van der Waals surface area contributed by atoms with Crippen molar-refractivity contribution in [3.63, 3.8) is 0 Å². The van der Waals surface area contributed by atoms with Gasteiger partial charge in [-0.2, -0.15) is 0 Å². The first-order valence-electron chi connectivity index (χ1n) is 4.18. The Balaban J connectivity index is 1.82. The molecule has 0 atom stereocenters. The summed E-state index contributed by atoms with van der Waals surface area (Å²) in [6.45, 7) is 2.37. The van der Waals surface area contributed by atoms with Gasteiger partial charge >= 0.3 is 0 Å². The molecule has 1 fully saturated rings. The van der Waals surface area contributed by atoms with Crippen molar-refractivity contribution in [1.29, 1.82) is 0 Å². The van der Waals surface area contributed by atoms with Crippen LogP contribution in [0.3, 0.4) is 0 Å². The lowest BCUT2D eigenvalue weighted by atomic mass is 9.72. The van der Waals surface area contributed by atoms with Gasteiger partial charge in [0.15, 0.2) is 4.34 Å². The lowest BCUT2D eigenvalue weighted by Gasteiger charge is -2.37. The molecule has 0 N–H and O–H groups in total. The Morgan fingerprint density at radius 1 is 1.67 bits per heavy atom. The van der Waals surface area contributed by atoms with Gasteiger partial charge in [0.2, 0.25) is 0 Å². The maximum atomic E-state index is 4.01.